The molecule has 0 unspecified atom stereocenters. The molecule has 0 aromatic heterocycles. The monoisotopic (exact) mass is 357 g/mol. The zero-order valence-electron chi connectivity index (χ0n) is 8.25. The fourth-order valence-electron chi connectivity index (χ4n) is 1.05. The Morgan fingerprint density at radius 2 is 2.12 bits per heavy atom. The van der Waals surface area contributed by atoms with Crippen LogP contribution in [0.3, 0.4) is 0 Å². The van der Waals surface area contributed by atoms with Gasteiger partial charge in [-0.3, -0.25) is 0 Å². The van der Waals surface area contributed by atoms with Crippen LogP contribution < -0.4 is 11.2 Å². The standard InChI is InChI=1S/C9H7F3IN3O/c10-9(11,12)7-3-6(13)2-1-5(7)4-15-16-8(14)17/h1-4H,(H3,14,16,17). The van der Waals surface area contributed by atoms with Crippen LogP contribution in [0.25, 0.3) is 0 Å². The second-order valence-corrected chi connectivity index (χ2v) is 4.21. The van der Waals surface area contributed by atoms with Gasteiger partial charge in [-0.25, -0.2) is 10.2 Å². The van der Waals surface area contributed by atoms with Crippen molar-refractivity contribution < 1.29 is 18.0 Å². The number of carbonyl (C=O) groups excluding carboxylic acids is 1. The lowest BCUT2D eigenvalue weighted by Gasteiger charge is -2.10. The van der Waals surface area contributed by atoms with Crippen LogP contribution in [0.4, 0.5) is 18.0 Å². The first-order valence-corrected chi connectivity index (χ1v) is 5.34. The van der Waals surface area contributed by atoms with E-state index in [2.05, 4.69) is 5.10 Å². The van der Waals surface area contributed by atoms with Crippen molar-refractivity contribution in [2.24, 2.45) is 10.8 Å². The Labute approximate surface area is 108 Å². The number of urea groups is 1. The maximum Gasteiger partial charge on any atom is 0.417 e. The Kier molecular flexibility index (Phi) is 4.32. The lowest BCUT2D eigenvalue weighted by atomic mass is 10.1. The van der Waals surface area contributed by atoms with E-state index >= 15 is 0 Å². The van der Waals surface area contributed by atoms with Crippen molar-refractivity contribution in [3.8, 4) is 0 Å². The zero-order valence-corrected chi connectivity index (χ0v) is 10.4. The Balaban J connectivity index is 3.07. The number of hydrogen-bond donors (Lipinski definition) is 2. The van der Waals surface area contributed by atoms with E-state index in [1.165, 1.54) is 12.1 Å². The van der Waals surface area contributed by atoms with E-state index in [0.29, 0.717) is 3.57 Å². The van der Waals surface area contributed by atoms with Gasteiger partial charge in [-0.1, -0.05) is 6.07 Å². The molecule has 0 fully saturated rings. The smallest absolute Gasteiger partial charge is 0.350 e. The van der Waals surface area contributed by atoms with E-state index in [0.717, 1.165) is 12.3 Å². The molecule has 0 bridgehead atoms. The van der Waals surface area contributed by atoms with Crippen LogP contribution in [0.5, 0.6) is 0 Å². The number of benzene rings is 1. The number of primary amides is 1. The fraction of sp³-hybridized carbons (Fsp3) is 0.111. The molecule has 0 aliphatic heterocycles. The van der Waals surface area contributed by atoms with Gasteiger partial charge in [0.05, 0.1) is 11.8 Å². The summed E-state index contributed by atoms with van der Waals surface area (Å²) in [6.45, 7) is 0. The SMILES string of the molecule is NC(=O)NN=Cc1ccc(I)cc1C(F)(F)F. The molecule has 1 aromatic carbocycles. The van der Waals surface area contributed by atoms with E-state index in [-0.39, 0.29) is 5.56 Å². The molecular formula is C9H7F3IN3O. The molecule has 3 N–H and O–H groups in total. The molecule has 0 atom stereocenters. The van der Waals surface area contributed by atoms with Gasteiger partial charge in [0.25, 0.3) is 0 Å². The van der Waals surface area contributed by atoms with E-state index in [1.54, 1.807) is 22.6 Å². The molecule has 2 amide bonds. The van der Waals surface area contributed by atoms with Gasteiger partial charge in [0, 0.05) is 9.13 Å². The van der Waals surface area contributed by atoms with Crippen LogP contribution >= 0.6 is 22.6 Å². The zero-order chi connectivity index (χ0) is 13.1. The summed E-state index contributed by atoms with van der Waals surface area (Å²) in [5.74, 6) is 0. The second-order valence-electron chi connectivity index (χ2n) is 2.96. The summed E-state index contributed by atoms with van der Waals surface area (Å²) < 4.78 is 38.4. The maximum atomic E-state index is 12.6. The number of nitrogens with one attached hydrogen (secondary N) is 1. The average Bonchev–Trinajstić information content (AvgIpc) is 2.18. The van der Waals surface area contributed by atoms with Gasteiger partial charge in [0.1, 0.15) is 0 Å². The number of hydrazone groups is 1. The molecule has 0 spiro atoms. The molecule has 0 aliphatic carbocycles. The molecule has 0 saturated carbocycles. The highest BCUT2D eigenvalue weighted by Crippen LogP contribution is 2.32. The summed E-state index contributed by atoms with van der Waals surface area (Å²) in [5.41, 5.74) is 5.58. The van der Waals surface area contributed by atoms with Crippen molar-refractivity contribution in [1.29, 1.82) is 0 Å². The van der Waals surface area contributed by atoms with Gasteiger partial charge >= 0.3 is 12.2 Å². The first kappa shape index (κ1) is 13.7. The minimum Gasteiger partial charge on any atom is -0.350 e. The highest BCUT2D eigenvalue weighted by Gasteiger charge is 2.33. The molecule has 0 radical (unpaired) electrons. The summed E-state index contributed by atoms with van der Waals surface area (Å²) in [6, 6.07) is 2.81. The van der Waals surface area contributed by atoms with Crippen LogP contribution in [0, 0.1) is 3.57 Å². The van der Waals surface area contributed by atoms with E-state index in [9.17, 15) is 18.0 Å². The number of halogens is 4. The number of rotatable bonds is 2. The fourth-order valence-corrected chi connectivity index (χ4v) is 1.54. The van der Waals surface area contributed by atoms with Crippen molar-refractivity contribution in [1.82, 2.24) is 5.43 Å². The van der Waals surface area contributed by atoms with Crippen molar-refractivity contribution in [3.05, 3.63) is 32.9 Å². The maximum absolute atomic E-state index is 12.6. The molecule has 1 rings (SSSR count). The van der Waals surface area contributed by atoms with Gasteiger partial charge in [-0.05, 0) is 34.7 Å². The second kappa shape index (κ2) is 5.34. The van der Waals surface area contributed by atoms with Gasteiger partial charge < -0.3 is 5.73 Å². The Bertz CT molecular complexity index is 459. The van der Waals surface area contributed by atoms with Crippen molar-refractivity contribution in [2.45, 2.75) is 6.18 Å². The Hall–Kier alpha value is -1.32. The van der Waals surface area contributed by atoms with E-state index in [1.807, 2.05) is 5.43 Å². The minimum absolute atomic E-state index is 0.147. The summed E-state index contributed by atoms with van der Waals surface area (Å²) in [7, 11) is 0. The first-order valence-electron chi connectivity index (χ1n) is 4.26. The van der Waals surface area contributed by atoms with Gasteiger partial charge in [-0.15, -0.1) is 0 Å². The van der Waals surface area contributed by atoms with E-state index < -0.39 is 17.8 Å². The van der Waals surface area contributed by atoms with Crippen LogP contribution in [0.1, 0.15) is 11.1 Å². The molecule has 0 aliphatic rings. The molecule has 0 saturated heterocycles. The first-order chi connectivity index (χ1) is 7.80. The van der Waals surface area contributed by atoms with Gasteiger partial charge in [0.15, 0.2) is 0 Å². The van der Waals surface area contributed by atoms with Crippen LogP contribution in [-0.2, 0) is 6.18 Å². The average molecular weight is 357 g/mol. The predicted molar refractivity (Wildman–Crippen MR) is 64.5 cm³/mol. The normalized spacial score (nSPS) is 11.8. The van der Waals surface area contributed by atoms with Crippen LogP contribution in [0.15, 0.2) is 23.3 Å². The third-order valence-corrected chi connectivity index (χ3v) is 2.37. The summed E-state index contributed by atoms with van der Waals surface area (Å²) >= 11 is 1.78. The van der Waals surface area contributed by atoms with Crippen LogP contribution in [0.2, 0.25) is 0 Å². The highest BCUT2D eigenvalue weighted by atomic mass is 127. The van der Waals surface area contributed by atoms with E-state index in [4.69, 9.17) is 5.73 Å². The Morgan fingerprint density at radius 3 is 2.65 bits per heavy atom. The number of hydrogen-bond acceptors (Lipinski definition) is 2. The highest BCUT2D eigenvalue weighted by molar-refractivity contribution is 14.1. The van der Waals surface area contributed by atoms with Crippen LogP contribution in [-0.4, -0.2) is 12.2 Å². The Morgan fingerprint density at radius 1 is 1.47 bits per heavy atom. The molecular weight excluding hydrogens is 350 g/mol. The quantitative estimate of drug-likeness (QED) is 0.476. The van der Waals surface area contributed by atoms with Crippen molar-refractivity contribution in [2.75, 3.05) is 0 Å². The van der Waals surface area contributed by atoms with Gasteiger partial charge in [-0.2, -0.15) is 18.3 Å². The third kappa shape index (κ3) is 4.21. The lowest BCUT2D eigenvalue weighted by Crippen LogP contribution is -2.24. The molecule has 1 aromatic rings. The van der Waals surface area contributed by atoms with Crippen molar-refractivity contribution >= 4 is 34.8 Å². The molecule has 4 nitrogen and oxygen atoms in total. The van der Waals surface area contributed by atoms with Crippen molar-refractivity contribution in [3.63, 3.8) is 0 Å². The number of nitrogens with zero attached hydrogens (tertiary/aromatic N) is 1. The van der Waals surface area contributed by atoms with Gasteiger partial charge in [0.2, 0.25) is 0 Å². The third-order valence-electron chi connectivity index (χ3n) is 1.70. The summed E-state index contributed by atoms with van der Waals surface area (Å²) in [4.78, 5) is 10.3. The molecule has 17 heavy (non-hydrogen) atoms. The molecule has 0 heterocycles. The number of nitrogens with two attached hydrogens (primary N) is 1. The predicted octanol–water partition coefficient (Wildman–Crippen LogP) is 2.31. The molecule has 8 heteroatoms. The number of carbonyl (C=O) groups is 1. The summed E-state index contributed by atoms with van der Waals surface area (Å²) in [5, 5.41) is 3.29. The topological polar surface area (TPSA) is 67.5 Å². The largest absolute Gasteiger partial charge is 0.417 e. The lowest BCUT2D eigenvalue weighted by molar-refractivity contribution is -0.137. The summed E-state index contributed by atoms with van der Waals surface area (Å²) in [6.07, 6.45) is -3.58. The number of amides is 2. The minimum atomic E-state index is -4.48. The molecule has 92 valence electrons. The number of alkyl halides is 3.